The smallest absolute Gasteiger partial charge is 0.264 e. The molecule has 0 saturated carbocycles. The molecule has 0 heterocycles. The lowest BCUT2D eigenvalue weighted by Crippen LogP contribution is -2.35. The normalized spacial score (nSPS) is 12.8. The highest BCUT2D eigenvalue weighted by Gasteiger charge is 2.21. The Balaban J connectivity index is 2.90. The van der Waals surface area contributed by atoms with Crippen molar-refractivity contribution in [3.05, 3.63) is 30.3 Å². The summed E-state index contributed by atoms with van der Waals surface area (Å²) in [5.74, 6) is -2.00. The molecule has 6 heteroatoms. The maximum atomic E-state index is 11.6. The molecule has 5 nitrogen and oxygen atoms in total. The number of benzene rings is 1. The Bertz CT molecular complexity index is 481. The lowest BCUT2D eigenvalue weighted by Gasteiger charge is -2.07. The van der Waals surface area contributed by atoms with Crippen molar-refractivity contribution in [1.82, 2.24) is 4.72 Å². The van der Waals surface area contributed by atoms with Gasteiger partial charge in [-0.3, -0.25) is 9.59 Å². The van der Waals surface area contributed by atoms with Crippen LogP contribution < -0.4 is 4.72 Å². The minimum absolute atomic E-state index is 0.0264. The first kappa shape index (κ1) is 12.4. The van der Waals surface area contributed by atoms with Gasteiger partial charge in [0.15, 0.2) is 0 Å². The lowest BCUT2D eigenvalue weighted by molar-refractivity contribution is -0.120. The van der Waals surface area contributed by atoms with E-state index in [-0.39, 0.29) is 4.90 Å². The predicted octanol–water partition coefficient (Wildman–Crippen LogP) is 0.237. The summed E-state index contributed by atoms with van der Waals surface area (Å²) < 4.78 is 25.0. The number of sulfonamides is 1. The van der Waals surface area contributed by atoms with Crippen molar-refractivity contribution in [3.63, 3.8) is 0 Å². The van der Waals surface area contributed by atoms with E-state index in [1.165, 1.54) is 37.5 Å². The average molecular weight is 240 g/mol. The highest BCUT2D eigenvalue weighted by molar-refractivity contribution is 7.90. The van der Waals surface area contributed by atoms with Gasteiger partial charge in [-0.25, -0.2) is 13.1 Å². The molecule has 1 rings (SSSR count). The van der Waals surface area contributed by atoms with Gasteiger partial charge in [-0.2, -0.15) is 0 Å². The molecule has 0 bridgehead atoms. The molecule has 16 heavy (non-hydrogen) atoms. The number of rotatable bonds is 4. The van der Waals surface area contributed by atoms with Crippen LogP contribution in [0.1, 0.15) is 6.92 Å². The molecule has 1 unspecified atom stereocenters. The van der Waals surface area contributed by atoms with Crippen molar-refractivity contribution < 1.29 is 18.0 Å². The second-order valence-electron chi connectivity index (χ2n) is 3.12. The van der Waals surface area contributed by atoms with Crippen molar-refractivity contribution in [2.45, 2.75) is 11.8 Å². The van der Waals surface area contributed by atoms with Gasteiger partial charge in [-0.15, -0.1) is 0 Å². The Morgan fingerprint density at radius 2 is 1.88 bits per heavy atom. The third-order valence-electron chi connectivity index (χ3n) is 1.86. The minimum atomic E-state index is -3.89. The summed E-state index contributed by atoms with van der Waals surface area (Å²) in [5.41, 5.74) is 0. The van der Waals surface area contributed by atoms with Crippen LogP contribution in [0.2, 0.25) is 0 Å². The van der Waals surface area contributed by atoms with Crippen LogP contribution in [0.5, 0.6) is 0 Å². The molecule has 0 fully saturated rings. The fraction of sp³-hybridized carbons (Fsp3) is 0.200. The molecule has 1 aromatic carbocycles. The predicted molar refractivity (Wildman–Crippen MR) is 56.6 cm³/mol. The number of carbonyl (C=O) groups is 1. The van der Waals surface area contributed by atoms with Gasteiger partial charge in [0, 0.05) is 0 Å². The number of carbonyl (C=O) groups excluding carboxylic acids is 2. The largest absolute Gasteiger partial charge is 0.290 e. The maximum absolute atomic E-state index is 11.6. The van der Waals surface area contributed by atoms with E-state index in [0.29, 0.717) is 0 Å². The summed E-state index contributed by atoms with van der Waals surface area (Å²) in [6, 6.07) is 7.43. The molecular formula is C10H10NO4S. The van der Waals surface area contributed by atoms with E-state index in [2.05, 4.69) is 0 Å². The van der Waals surface area contributed by atoms with Gasteiger partial charge in [0.2, 0.25) is 12.2 Å². The van der Waals surface area contributed by atoms with Crippen molar-refractivity contribution in [2.24, 2.45) is 5.92 Å². The van der Waals surface area contributed by atoms with E-state index in [1.807, 2.05) is 0 Å². The van der Waals surface area contributed by atoms with Crippen molar-refractivity contribution in [1.29, 1.82) is 0 Å². The zero-order chi connectivity index (χ0) is 12.2. The number of hydrogen-bond donors (Lipinski definition) is 1. The average Bonchev–Trinajstić information content (AvgIpc) is 2.28. The van der Waals surface area contributed by atoms with Crippen LogP contribution in [0, 0.1) is 5.92 Å². The number of amides is 1. The summed E-state index contributed by atoms with van der Waals surface area (Å²) in [6.45, 7) is 1.27. The molecular weight excluding hydrogens is 230 g/mol. The third kappa shape index (κ3) is 2.90. The van der Waals surface area contributed by atoms with Crippen LogP contribution in [-0.2, 0) is 19.6 Å². The third-order valence-corrected chi connectivity index (χ3v) is 3.22. The van der Waals surface area contributed by atoms with E-state index in [4.69, 9.17) is 0 Å². The quantitative estimate of drug-likeness (QED) is 0.764. The molecule has 1 atom stereocenters. The Kier molecular flexibility index (Phi) is 3.78. The minimum Gasteiger partial charge on any atom is -0.290 e. The van der Waals surface area contributed by atoms with E-state index in [0.717, 1.165) is 0 Å². The standard InChI is InChI=1S/C10H10NO4S/c1-8(7-12)10(13)11-16(14,15)9-5-3-2-4-6-9/h2-6,8H,1H3,(H,11,13). The Morgan fingerprint density at radius 3 is 2.38 bits per heavy atom. The Labute approximate surface area is 93.5 Å². The van der Waals surface area contributed by atoms with Crippen LogP contribution in [0.15, 0.2) is 35.2 Å². The van der Waals surface area contributed by atoms with Gasteiger partial charge in [-0.1, -0.05) is 18.2 Å². The molecule has 0 aliphatic carbocycles. The molecule has 1 amide bonds. The van der Waals surface area contributed by atoms with Crippen LogP contribution >= 0.6 is 0 Å². The first-order chi connectivity index (χ1) is 7.47. The van der Waals surface area contributed by atoms with E-state index in [1.54, 1.807) is 10.8 Å². The van der Waals surface area contributed by atoms with Gasteiger partial charge in [0.1, 0.15) is 5.92 Å². The van der Waals surface area contributed by atoms with E-state index >= 15 is 0 Å². The molecule has 85 valence electrons. The van der Waals surface area contributed by atoms with Gasteiger partial charge >= 0.3 is 0 Å². The van der Waals surface area contributed by atoms with Crippen molar-refractivity contribution in [3.8, 4) is 0 Å². The van der Waals surface area contributed by atoms with Gasteiger partial charge in [-0.05, 0) is 19.1 Å². The summed E-state index contributed by atoms with van der Waals surface area (Å²) in [4.78, 5) is 21.4. The molecule has 0 spiro atoms. The highest BCUT2D eigenvalue weighted by atomic mass is 32.2. The highest BCUT2D eigenvalue weighted by Crippen LogP contribution is 2.07. The van der Waals surface area contributed by atoms with Gasteiger partial charge < -0.3 is 0 Å². The van der Waals surface area contributed by atoms with Gasteiger partial charge in [0.05, 0.1) is 4.90 Å². The summed E-state index contributed by atoms with van der Waals surface area (Å²) >= 11 is 0. The van der Waals surface area contributed by atoms with E-state index < -0.39 is 21.8 Å². The van der Waals surface area contributed by atoms with Crippen molar-refractivity contribution >= 4 is 22.2 Å². The topological polar surface area (TPSA) is 80.3 Å². The Hall–Kier alpha value is -1.69. The second kappa shape index (κ2) is 4.89. The fourth-order valence-electron chi connectivity index (χ4n) is 0.933. The van der Waals surface area contributed by atoms with Crippen LogP contribution in [-0.4, -0.2) is 20.6 Å². The molecule has 1 aromatic rings. The SMILES string of the molecule is CC([C]=O)C(=O)NS(=O)(=O)c1ccccc1. The Morgan fingerprint density at radius 1 is 1.31 bits per heavy atom. The van der Waals surface area contributed by atoms with Crippen LogP contribution in [0.3, 0.4) is 0 Å². The second-order valence-corrected chi connectivity index (χ2v) is 4.80. The van der Waals surface area contributed by atoms with Gasteiger partial charge in [0.25, 0.3) is 10.0 Å². The van der Waals surface area contributed by atoms with Crippen LogP contribution in [0.25, 0.3) is 0 Å². The lowest BCUT2D eigenvalue weighted by atomic mass is 10.2. The van der Waals surface area contributed by atoms with E-state index in [9.17, 15) is 18.0 Å². The summed E-state index contributed by atoms with van der Waals surface area (Å²) in [7, 11) is -3.89. The summed E-state index contributed by atoms with van der Waals surface area (Å²) in [5, 5.41) is 0. The first-order valence-electron chi connectivity index (χ1n) is 4.47. The molecule has 1 N–H and O–H groups in total. The van der Waals surface area contributed by atoms with Crippen molar-refractivity contribution in [2.75, 3.05) is 0 Å². The monoisotopic (exact) mass is 240 g/mol. The number of hydrogen-bond acceptors (Lipinski definition) is 4. The van der Waals surface area contributed by atoms with Crippen LogP contribution in [0.4, 0.5) is 0 Å². The molecule has 0 aliphatic rings. The fourth-order valence-corrected chi connectivity index (χ4v) is 2.01. The maximum Gasteiger partial charge on any atom is 0.264 e. The molecule has 0 aliphatic heterocycles. The zero-order valence-electron chi connectivity index (χ0n) is 8.51. The first-order valence-corrected chi connectivity index (χ1v) is 5.95. The number of nitrogens with one attached hydrogen (secondary N) is 1. The summed E-state index contributed by atoms with van der Waals surface area (Å²) in [6.07, 6.45) is 1.41. The zero-order valence-corrected chi connectivity index (χ0v) is 9.32. The molecule has 1 radical (unpaired) electrons. The molecule has 0 saturated heterocycles. The molecule has 0 aromatic heterocycles.